The average molecular weight is 228 g/mol. The molecule has 2 fully saturated rings. The predicted molar refractivity (Wildman–Crippen MR) is 68.9 cm³/mol. The first kappa shape index (κ1) is 13.9. The molecule has 0 saturated carbocycles. The van der Waals surface area contributed by atoms with Crippen LogP contribution in [0.5, 0.6) is 0 Å². The monoisotopic (exact) mass is 228 g/mol. The lowest BCUT2D eigenvalue weighted by Crippen LogP contribution is -2.48. The summed E-state index contributed by atoms with van der Waals surface area (Å²) in [5.41, 5.74) is 0. The molecule has 2 aliphatic rings. The van der Waals surface area contributed by atoms with Crippen LogP contribution >= 0.6 is 0 Å². The highest BCUT2D eigenvalue weighted by atomic mass is 16.5. The summed E-state index contributed by atoms with van der Waals surface area (Å²) in [5.74, 6) is 0. The van der Waals surface area contributed by atoms with Crippen molar-refractivity contribution in [2.75, 3.05) is 45.9 Å². The van der Waals surface area contributed by atoms with Crippen LogP contribution in [0.2, 0.25) is 0 Å². The lowest BCUT2D eigenvalue weighted by Gasteiger charge is -2.35. The first-order chi connectivity index (χ1) is 7.88. The molecule has 0 radical (unpaired) electrons. The zero-order valence-electron chi connectivity index (χ0n) is 11.2. The molecule has 0 spiro atoms. The van der Waals surface area contributed by atoms with Crippen molar-refractivity contribution in [3.8, 4) is 0 Å². The Morgan fingerprint density at radius 1 is 1.06 bits per heavy atom. The molecule has 3 heteroatoms. The maximum absolute atomic E-state index is 5.65. The van der Waals surface area contributed by atoms with Gasteiger partial charge in [-0.25, -0.2) is 0 Å². The van der Waals surface area contributed by atoms with E-state index < -0.39 is 0 Å². The Kier molecular flexibility index (Phi) is 7.01. The van der Waals surface area contributed by atoms with E-state index in [0.29, 0.717) is 6.10 Å². The molecular weight excluding hydrogens is 200 g/mol. The van der Waals surface area contributed by atoms with Crippen LogP contribution < -0.4 is 0 Å². The maximum atomic E-state index is 5.65. The summed E-state index contributed by atoms with van der Waals surface area (Å²) in [6.07, 6.45) is 3.07. The zero-order valence-corrected chi connectivity index (χ0v) is 11.2. The molecule has 0 aromatic heterocycles. The van der Waals surface area contributed by atoms with E-state index in [1.54, 1.807) is 0 Å². The van der Waals surface area contributed by atoms with E-state index in [2.05, 4.69) is 16.7 Å². The van der Waals surface area contributed by atoms with Crippen LogP contribution in [-0.2, 0) is 4.74 Å². The number of hydrogen-bond acceptors (Lipinski definition) is 3. The van der Waals surface area contributed by atoms with Gasteiger partial charge in [0.2, 0.25) is 0 Å². The fourth-order valence-electron chi connectivity index (χ4n) is 2.36. The van der Waals surface area contributed by atoms with E-state index in [4.69, 9.17) is 4.74 Å². The normalized spacial score (nSPS) is 27.6. The largest absolute Gasteiger partial charge is 0.377 e. The number of piperazine rings is 1. The van der Waals surface area contributed by atoms with Gasteiger partial charge in [0.15, 0.2) is 0 Å². The minimum Gasteiger partial charge on any atom is -0.377 e. The predicted octanol–water partition coefficient (Wildman–Crippen LogP) is 1.83. The lowest BCUT2D eigenvalue weighted by atomic mass is 10.2. The van der Waals surface area contributed by atoms with Crippen LogP contribution in [0.25, 0.3) is 0 Å². The topological polar surface area (TPSA) is 15.7 Å². The molecule has 0 N–H and O–H groups in total. The summed E-state index contributed by atoms with van der Waals surface area (Å²) >= 11 is 0. The van der Waals surface area contributed by atoms with Gasteiger partial charge in [-0.3, -0.25) is 4.90 Å². The molecule has 0 aromatic carbocycles. The van der Waals surface area contributed by atoms with Gasteiger partial charge in [0.25, 0.3) is 0 Å². The Labute approximate surface area is 101 Å². The third kappa shape index (κ3) is 4.40. The number of hydrogen-bond donors (Lipinski definition) is 0. The smallest absolute Gasteiger partial charge is 0.0702 e. The van der Waals surface area contributed by atoms with Crippen LogP contribution in [0.3, 0.4) is 0 Å². The van der Waals surface area contributed by atoms with E-state index >= 15 is 0 Å². The SMILES string of the molecule is CC.CCN1CCN(CC2CCCO2)CC1. The third-order valence-electron chi connectivity index (χ3n) is 3.40. The second kappa shape index (κ2) is 8.04. The summed E-state index contributed by atoms with van der Waals surface area (Å²) in [6.45, 7) is 14.5. The van der Waals surface area contributed by atoms with Crippen molar-refractivity contribution in [3.05, 3.63) is 0 Å². The Balaban J connectivity index is 0.000000606. The molecule has 1 unspecified atom stereocenters. The minimum atomic E-state index is 0.531. The molecule has 3 nitrogen and oxygen atoms in total. The van der Waals surface area contributed by atoms with Crippen molar-refractivity contribution < 1.29 is 4.74 Å². The standard InChI is InChI=1S/C11H22N2O.C2H6/c1-2-12-5-7-13(8-6-12)10-11-4-3-9-14-11;1-2/h11H,2-10H2,1H3;1-2H3. The highest BCUT2D eigenvalue weighted by molar-refractivity contribution is 4.75. The molecule has 0 aromatic rings. The molecule has 1 atom stereocenters. The van der Waals surface area contributed by atoms with Crippen LogP contribution in [0.1, 0.15) is 33.6 Å². The fourth-order valence-corrected chi connectivity index (χ4v) is 2.36. The molecule has 2 saturated heterocycles. The Hall–Kier alpha value is -0.120. The van der Waals surface area contributed by atoms with Gasteiger partial charge >= 0.3 is 0 Å². The van der Waals surface area contributed by atoms with Gasteiger partial charge in [-0.2, -0.15) is 0 Å². The summed E-state index contributed by atoms with van der Waals surface area (Å²) < 4.78 is 5.65. The summed E-state index contributed by atoms with van der Waals surface area (Å²) in [4.78, 5) is 5.08. The molecule has 0 aliphatic carbocycles. The molecular formula is C13H28N2O. The van der Waals surface area contributed by atoms with Gasteiger partial charge in [0.05, 0.1) is 6.10 Å². The summed E-state index contributed by atoms with van der Waals surface area (Å²) in [6, 6.07) is 0. The van der Waals surface area contributed by atoms with E-state index in [-0.39, 0.29) is 0 Å². The number of likely N-dealkylation sites (N-methyl/N-ethyl adjacent to an activating group) is 1. The van der Waals surface area contributed by atoms with Crippen LogP contribution in [0, 0.1) is 0 Å². The second-order valence-electron chi connectivity index (χ2n) is 4.37. The van der Waals surface area contributed by atoms with Gasteiger partial charge in [-0.15, -0.1) is 0 Å². The van der Waals surface area contributed by atoms with E-state index in [1.807, 2.05) is 13.8 Å². The zero-order chi connectivity index (χ0) is 11.8. The summed E-state index contributed by atoms with van der Waals surface area (Å²) in [5, 5.41) is 0. The van der Waals surface area contributed by atoms with Crippen molar-refractivity contribution in [2.45, 2.75) is 39.7 Å². The van der Waals surface area contributed by atoms with Gasteiger partial charge in [0, 0.05) is 39.3 Å². The quantitative estimate of drug-likeness (QED) is 0.733. The van der Waals surface area contributed by atoms with Crippen LogP contribution in [-0.4, -0.2) is 61.8 Å². The second-order valence-corrected chi connectivity index (χ2v) is 4.37. The molecule has 0 bridgehead atoms. The average Bonchev–Trinajstić information content (AvgIpc) is 2.86. The van der Waals surface area contributed by atoms with E-state index in [9.17, 15) is 0 Å². The van der Waals surface area contributed by atoms with Gasteiger partial charge < -0.3 is 9.64 Å². The summed E-state index contributed by atoms with van der Waals surface area (Å²) in [7, 11) is 0. The van der Waals surface area contributed by atoms with Crippen molar-refractivity contribution in [1.29, 1.82) is 0 Å². The first-order valence-electron chi connectivity index (χ1n) is 6.95. The van der Waals surface area contributed by atoms with Gasteiger partial charge in [0.1, 0.15) is 0 Å². The van der Waals surface area contributed by atoms with Gasteiger partial charge in [-0.1, -0.05) is 20.8 Å². The van der Waals surface area contributed by atoms with Crippen LogP contribution in [0.15, 0.2) is 0 Å². The molecule has 96 valence electrons. The lowest BCUT2D eigenvalue weighted by molar-refractivity contribution is 0.0515. The first-order valence-corrected chi connectivity index (χ1v) is 6.95. The van der Waals surface area contributed by atoms with Crippen molar-refractivity contribution in [1.82, 2.24) is 9.80 Å². The van der Waals surface area contributed by atoms with Crippen molar-refractivity contribution in [3.63, 3.8) is 0 Å². The van der Waals surface area contributed by atoms with E-state index in [1.165, 1.54) is 45.6 Å². The maximum Gasteiger partial charge on any atom is 0.0702 e. The molecule has 16 heavy (non-hydrogen) atoms. The molecule has 2 rings (SSSR count). The number of rotatable bonds is 3. The molecule has 2 aliphatic heterocycles. The Bertz CT molecular complexity index is 161. The van der Waals surface area contributed by atoms with Crippen molar-refractivity contribution in [2.24, 2.45) is 0 Å². The number of nitrogens with zero attached hydrogens (tertiary/aromatic N) is 2. The number of ether oxygens (including phenoxy) is 1. The Morgan fingerprint density at radius 3 is 2.19 bits per heavy atom. The Morgan fingerprint density at radius 2 is 1.69 bits per heavy atom. The fraction of sp³-hybridized carbons (Fsp3) is 1.00. The third-order valence-corrected chi connectivity index (χ3v) is 3.40. The highest BCUT2D eigenvalue weighted by Crippen LogP contribution is 2.14. The van der Waals surface area contributed by atoms with Crippen LogP contribution in [0.4, 0.5) is 0 Å². The highest BCUT2D eigenvalue weighted by Gasteiger charge is 2.21. The van der Waals surface area contributed by atoms with E-state index in [0.717, 1.165) is 13.2 Å². The molecule has 2 heterocycles. The van der Waals surface area contributed by atoms with Gasteiger partial charge in [-0.05, 0) is 19.4 Å². The molecule has 0 amide bonds. The minimum absolute atomic E-state index is 0.531. The van der Waals surface area contributed by atoms with Crippen molar-refractivity contribution >= 4 is 0 Å².